The first-order valence-corrected chi connectivity index (χ1v) is 7.04. The minimum Gasteiger partial charge on any atom is -0.493 e. The molecule has 4 N–H and O–H groups in total. The van der Waals surface area contributed by atoms with Crippen LogP contribution in [0.5, 0.6) is 17.2 Å². The van der Waals surface area contributed by atoms with Gasteiger partial charge in [0.2, 0.25) is 18.4 Å². The fraction of sp³-hybridized carbons (Fsp3) is 0.333. The number of nitrogens with two attached hydrogens (primary N) is 1. The van der Waals surface area contributed by atoms with Gasteiger partial charge in [0.15, 0.2) is 11.5 Å². The lowest BCUT2D eigenvalue weighted by atomic mass is 9.88. The highest BCUT2D eigenvalue weighted by atomic mass is 16.7. The molecule has 1 aromatic carbocycles. The van der Waals surface area contributed by atoms with Crippen molar-refractivity contribution >= 4 is 5.91 Å². The van der Waals surface area contributed by atoms with Crippen molar-refractivity contribution in [3.8, 4) is 17.2 Å². The van der Waals surface area contributed by atoms with Gasteiger partial charge in [0.25, 0.3) is 5.56 Å². The minimum atomic E-state index is -0.508. The van der Waals surface area contributed by atoms with Crippen LogP contribution in [0.3, 0.4) is 0 Å². The molecule has 8 nitrogen and oxygen atoms in total. The number of benzene rings is 1. The van der Waals surface area contributed by atoms with Gasteiger partial charge >= 0.3 is 0 Å². The van der Waals surface area contributed by atoms with E-state index >= 15 is 0 Å². The van der Waals surface area contributed by atoms with E-state index in [0.29, 0.717) is 34.1 Å². The second kappa shape index (κ2) is 5.71. The van der Waals surface area contributed by atoms with Crippen molar-refractivity contribution in [2.45, 2.75) is 19.3 Å². The fourth-order valence-electron chi connectivity index (χ4n) is 2.81. The molecule has 122 valence electrons. The molecule has 2 aromatic rings. The highest BCUT2D eigenvalue weighted by molar-refractivity contribution is 5.76. The predicted molar refractivity (Wildman–Crippen MR) is 80.9 cm³/mol. The Kier molecular flexibility index (Phi) is 3.73. The number of amides is 1. The lowest BCUT2D eigenvalue weighted by molar-refractivity contribution is -0.118. The van der Waals surface area contributed by atoms with Crippen molar-refractivity contribution < 1.29 is 19.0 Å². The molecule has 23 heavy (non-hydrogen) atoms. The van der Waals surface area contributed by atoms with Crippen LogP contribution in [0.4, 0.5) is 0 Å². The van der Waals surface area contributed by atoms with Gasteiger partial charge in [-0.1, -0.05) is 0 Å². The number of hydrogen-bond donors (Lipinski definition) is 3. The normalized spacial score (nSPS) is 13.8. The Labute approximate surface area is 131 Å². The zero-order valence-electron chi connectivity index (χ0n) is 12.8. The number of rotatable bonds is 5. The third-order valence-electron chi connectivity index (χ3n) is 3.85. The molecule has 1 aromatic heterocycles. The third kappa shape index (κ3) is 2.63. The summed E-state index contributed by atoms with van der Waals surface area (Å²) in [6.45, 7) is 1.85. The molecular weight excluding hydrogens is 302 g/mol. The molecule has 1 atom stereocenters. The Balaban J connectivity index is 2.14. The fourth-order valence-corrected chi connectivity index (χ4v) is 2.81. The highest BCUT2D eigenvalue weighted by Crippen LogP contribution is 2.44. The Bertz CT molecular complexity index is 808. The van der Waals surface area contributed by atoms with E-state index in [1.54, 1.807) is 19.1 Å². The minimum absolute atomic E-state index is 0.00935. The summed E-state index contributed by atoms with van der Waals surface area (Å²) in [6.07, 6.45) is -0.00935. The average Bonchev–Trinajstić information content (AvgIpc) is 3.10. The molecule has 3 rings (SSSR count). The molecule has 0 spiro atoms. The summed E-state index contributed by atoms with van der Waals surface area (Å²) in [4.78, 5) is 23.6. The van der Waals surface area contributed by atoms with Crippen LogP contribution in [0, 0.1) is 6.92 Å². The van der Waals surface area contributed by atoms with Gasteiger partial charge in [0.05, 0.1) is 7.11 Å². The Hall–Kier alpha value is -2.90. The maximum atomic E-state index is 12.1. The summed E-state index contributed by atoms with van der Waals surface area (Å²) >= 11 is 0. The first-order valence-electron chi connectivity index (χ1n) is 7.04. The van der Waals surface area contributed by atoms with E-state index in [0.717, 1.165) is 0 Å². The smallest absolute Gasteiger partial charge is 0.267 e. The van der Waals surface area contributed by atoms with Crippen molar-refractivity contribution in [3.05, 3.63) is 39.3 Å². The van der Waals surface area contributed by atoms with Crippen LogP contribution in [0.25, 0.3) is 0 Å². The number of aromatic nitrogens is 2. The number of hydrogen-bond acceptors (Lipinski definition) is 5. The maximum Gasteiger partial charge on any atom is 0.267 e. The number of nitrogens with one attached hydrogen (secondary N) is 2. The van der Waals surface area contributed by atoms with Crippen LogP contribution in [-0.4, -0.2) is 30.0 Å². The van der Waals surface area contributed by atoms with E-state index < -0.39 is 11.8 Å². The quantitative estimate of drug-likeness (QED) is 0.751. The van der Waals surface area contributed by atoms with Crippen molar-refractivity contribution in [2.24, 2.45) is 5.73 Å². The van der Waals surface area contributed by atoms with E-state index in [1.807, 2.05) is 0 Å². The lowest BCUT2D eigenvalue weighted by Crippen LogP contribution is -2.20. The lowest BCUT2D eigenvalue weighted by Gasteiger charge is -2.17. The number of aryl methyl sites for hydroxylation is 1. The van der Waals surface area contributed by atoms with Crippen LogP contribution >= 0.6 is 0 Å². The molecule has 0 saturated carbocycles. The van der Waals surface area contributed by atoms with Crippen LogP contribution in [0.2, 0.25) is 0 Å². The highest BCUT2D eigenvalue weighted by Gasteiger charge is 2.27. The second-order valence-electron chi connectivity index (χ2n) is 5.30. The van der Waals surface area contributed by atoms with Gasteiger partial charge in [-0.15, -0.1) is 0 Å². The van der Waals surface area contributed by atoms with Gasteiger partial charge in [-0.25, -0.2) is 0 Å². The zero-order valence-corrected chi connectivity index (χ0v) is 12.8. The van der Waals surface area contributed by atoms with Gasteiger partial charge in [-0.2, -0.15) is 0 Å². The van der Waals surface area contributed by atoms with E-state index in [-0.39, 0.29) is 18.8 Å². The summed E-state index contributed by atoms with van der Waals surface area (Å²) in [7, 11) is 1.51. The summed E-state index contributed by atoms with van der Waals surface area (Å²) in [5.41, 5.74) is 6.89. The van der Waals surface area contributed by atoms with Crippen molar-refractivity contribution in [3.63, 3.8) is 0 Å². The van der Waals surface area contributed by atoms with Crippen molar-refractivity contribution in [1.82, 2.24) is 10.2 Å². The molecule has 0 saturated heterocycles. The number of carbonyl (C=O) groups excluding carboxylic acids is 1. The number of methoxy groups -OCH3 is 1. The number of ether oxygens (including phenoxy) is 3. The Morgan fingerprint density at radius 1 is 1.39 bits per heavy atom. The number of carbonyl (C=O) groups is 1. The Morgan fingerprint density at radius 2 is 2.17 bits per heavy atom. The van der Waals surface area contributed by atoms with Gasteiger partial charge in [-0.3, -0.25) is 14.7 Å². The zero-order chi connectivity index (χ0) is 16.6. The number of primary amides is 1. The summed E-state index contributed by atoms with van der Waals surface area (Å²) in [5.74, 6) is 0.485. The monoisotopic (exact) mass is 319 g/mol. The van der Waals surface area contributed by atoms with E-state index in [2.05, 4.69) is 10.2 Å². The summed E-state index contributed by atoms with van der Waals surface area (Å²) < 4.78 is 16.1. The SMILES string of the molecule is COc1cc([C@@H](CC(N)=O)c2c(C)[nH][nH]c2=O)cc2c1OCO2. The first-order chi connectivity index (χ1) is 11.0. The number of H-pyrrole nitrogens is 2. The van der Waals surface area contributed by atoms with E-state index in [1.165, 1.54) is 7.11 Å². The van der Waals surface area contributed by atoms with Gasteiger partial charge in [0.1, 0.15) is 0 Å². The van der Waals surface area contributed by atoms with Gasteiger partial charge in [-0.05, 0) is 24.6 Å². The van der Waals surface area contributed by atoms with Gasteiger partial charge < -0.3 is 25.0 Å². The summed E-state index contributed by atoms with van der Waals surface area (Å²) in [5, 5.41) is 5.29. The van der Waals surface area contributed by atoms with Crippen molar-refractivity contribution in [1.29, 1.82) is 0 Å². The van der Waals surface area contributed by atoms with E-state index in [4.69, 9.17) is 19.9 Å². The molecule has 0 radical (unpaired) electrons. The number of fused-ring (bicyclic) bond motifs is 1. The number of aromatic amines is 2. The molecule has 0 fully saturated rings. The van der Waals surface area contributed by atoms with Crippen LogP contribution in [-0.2, 0) is 4.79 Å². The van der Waals surface area contributed by atoms with Crippen LogP contribution < -0.4 is 25.5 Å². The molecule has 1 amide bonds. The van der Waals surface area contributed by atoms with Gasteiger partial charge in [0, 0.05) is 23.6 Å². The largest absolute Gasteiger partial charge is 0.493 e. The van der Waals surface area contributed by atoms with Crippen molar-refractivity contribution in [2.75, 3.05) is 13.9 Å². The average molecular weight is 319 g/mol. The molecule has 1 aliphatic rings. The molecular formula is C15H17N3O5. The standard InChI is InChI=1S/C15H17N3O5/c1-7-13(15(20)18-17-7)9(5-12(16)19)8-3-10(21-2)14-11(4-8)22-6-23-14/h3-4,9H,5-6H2,1-2H3,(H2,16,19)(H2,17,18,20)/t9-/m1/s1. The van der Waals surface area contributed by atoms with Crippen LogP contribution in [0.15, 0.2) is 16.9 Å². The maximum absolute atomic E-state index is 12.1. The van der Waals surface area contributed by atoms with E-state index in [9.17, 15) is 9.59 Å². The molecule has 2 heterocycles. The molecule has 1 aliphatic heterocycles. The molecule has 0 unspecified atom stereocenters. The topological polar surface area (TPSA) is 119 Å². The second-order valence-corrected chi connectivity index (χ2v) is 5.30. The predicted octanol–water partition coefficient (Wildman–Crippen LogP) is 0.756. The molecule has 0 bridgehead atoms. The Morgan fingerprint density at radius 3 is 2.78 bits per heavy atom. The molecule has 0 aliphatic carbocycles. The third-order valence-corrected chi connectivity index (χ3v) is 3.85. The van der Waals surface area contributed by atoms with Crippen LogP contribution in [0.1, 0.15) is 29.2 Å². The molecule has 8 heteroatoms. The first kappa shape index (κ1) is 15.0. The summed E-state index contributed by atoms with van der Waals surface area (Å²) in [6, 6.07) is 3.47.